The van der Waals surface area contributed by atoms with Crippen LogP contribution in [0.3, 0.4) is 0 Å². The smallest absolute Gasteiger partial charge is 0.325 e. The first kappa shape index (κ1) is 20.6. The van der Waals surface area contributed by atoms with Crippen LogP contribution in [-0.4, -0.2) is 35.3 Å². The van der Waals surface area contributed by atoms with Gasteiger partial charge in [-0.05, 0) is 35.4 Å². The summed E-state index contributed by atoms with van der Waals surface area (Å²) in [5.74, 6) is -0.751. The third-order valence-corrected chi connectivity index (χ3v) is 4.98. The van der Waals surface area contributed by atoms with Gasteiger partial charge in [0.05, 0.1) is 0 Å². The Morgan fingerprint density at radius 3 is 2.38 bits per heavy atom. The van der Waals surface area contributed by atoms with Gasteiger partial charge in [-0.15, -0.1) is 0 Å². The second-order valence-electron chi connectivity index (χ2n) is 8.29. The number of imide groups is 1. The highest BCUT2D eigenvalue weighted by atomic mass is 16.2. The molecule has 0 radical (unpaired) electrons. The fourth-order valence-electron chi connectivity index (χ4n) is 3.46. The Labute approximate surface area is 171 Å². The van der Waals surface area contributed by atoms with Crippen LogP contribution >= 0.6 is 0 Å². The van der Waals surface area contributed by atoms with E-state index >= 15 is 0 Å². The quantitative estimate of drug-likeness (QED) is 0.738. The Kier molecular flexibility index (Phi) is 6.01. The molecule has 152 valence electrons. The van der Waals surface area contributed by atoms with Crippen molar-refractivity contribution >= 4 is 23.5 Å². The Morgan fingerprint density at radius 2 is 1.69 bits per heavy atom. The van der Waals surface area contributed by atoms with Crippen molar-refractivity contribution in [3.63, 3.8) is 0 Å². The highest BCUT2D eigenvalue weighted by molar-refractivity contribution is 6.08. The number of rotatable bonds is 6. The summed E-state index contributed by atoms with van der Waals surface area (Å²) >= 11 is 0. The standard InChI is InChI=1S/C23H27N3O3/c1-23(2,3)17-11-7-8-12-18(17)24-20(27)15-26-21(28)19(25-22(26)29)14-13-16-9-5-4-6-10-16/h4-12,19H,13-15H2,1-3H3,(H,24,27)(H,25,29)/t19-/m0/s1. The highest BCUT2D eigenvalue weighted by Crippen LogP contribution is 2.29. The first-order valence-electron chi connectivity index (χ1n) is 9.81. The number of hydrogen-bond acceptors (Lipinski definition) is 3. The van der Waals surface area contributed by atoms with Crippen LogP contribution in [0.25, 0.3) is 0 Å². The van der Waals surface area contributed by atoms with Crippen LogP contribution in [0.2, 0.25) is 0 Å². The fourth-order valence-corrected chi connectivity index (χ4v) is 3.46. The molecule has 29 heavy (non-hydrogen) atoms. The topological polar surface area (TPSA) is 78.5 Å². The lowest BCUT2D eigenvalue weighted by molar-refractivity contribution is -0.130. The summed E-state index contributed by atoms with van der Waals surface area (Å²) in [5.41, 5.74) is 2.64. The van der Waals surface area contributed by atoms with Crippen LogP contribution in [-0.2, 0) is 21.4 Å². The molecule has 6 nitrogen and oxygen atoms in total. The number of aryl methyl sites for hydroxylation is 1. The van der Waals surface area contributed by atoms with Gasteiger partial charge in [0, 0.05) is 5.69 Å². The SMILES string of the molecule is CC(C)(C)c1ccccc1NC(=O)CN1C(=O)N[C@@H](CCc2ccccc2)C1=O. The number of benzene rings is 2. The summed E-state index contributed by atoms with van der Waals surface area (Å²) in [7, 11) is 0. The average Bonchev–Trinajstić information content (AvgIpc) is 2.94. The lowest BCUT2D eigenvalue weighted by Crippen LogP contribution is -2.38. The van der Waals surface area contributed by atoms with Crippen molar-refractivity contribution in [3.05, 3.63) is 65.7 Å². The van der Waals surface area contributed by atoms with Gasteiger partial charge < -0.3 is 10.6 Å². The molecule has 6 heteroatoms. The number of nitrogens with zero attached hydrogens (tertiary/aromatic N) is 1. The molecular weight excluding hydrogens is 366 g/mol. The lowest BCUT2D eigenvalue weighted by atomic mass is 9.86. The zero-order valence-corrected chi connectivity index (χ0v) is 17.1. The normalized spacial score (nSPS) is 16.7. The zero-order chi connectivity index (χ0) is 21.0. The molecule has 0 spiro atoms. The van der Waals surface area contributed by atoms with Gasteiger partial charge in [0.25, 0.3) is 5.91 Å². The molecule has 4 amide bonds. The van der Waals surface area contributed by atoms with E-state index in [0.29, 0.717) is 18.5 Å². The van der Waals surface area contributed by atoms with Gasteiger partial charge in [-0.25, -0.2) is 4.79 Å². The van der Waals surface area contributed by atoms with E-state index in [-0.39, 0.29) is 17.9 Å². The van der Waals surface area contributed by atoms with Crippen molar-refractivity contribution in [1.82, 2.24) is 10.2 Å². The van der Waals surface area contributed by atoms with Crippen molar-refractivity contribution in [1.29, 1.82) is 0 Å². The average molecular weight is 393 g/mol. The van der Waals surface area contributed by atoms with Crippen LogP contribution in [0.4, 0.5) is 10.5 Å². The van der Waals surface area contributed by atoms with Gasteiger partial charge in [-0.1, -0.05) is 69.3 Å². The molecule has 0 aromatic heterocycles. The summed E-state index contributed by atoms with van der Waals surface area (Å²) in [5, 5.41) is 5.53. The second-order valence-corrected chi connectivity index (χ2v) is 8.29. The summed E-state index contributed by atoms with van der Waals surface area (Å²) < 4.78 is 0. The third-order valence-electron chi connectivity index (χ3n) is 4.98. The number of urea groups is 1. The fraction of sp³-hybridized carbons (Fsp3) is 0.348. The molecule has 2 aromatic rings. The third kappa shape index (κ3) is 5.02. The summed E-state index contributed by atoms with van der Waals surface area (Å²) in [6.45, 7) is 5.89. The maximum atomic E-state index is 12.6. The second kappa shape index (κ2) is 8.47. The van der Waals surface area contributed by atoms with Crippen LogP contribution in [0.15, 0.2) is 54.6 Å². The number of nitrogens with one attached hydrogen (secondary N) is 2. The molecule has 1 aliphatic heterocycles. The molecule has 0 bridgehead atoms. The van der Waals surface area contributed by atoms with Gasteiger partial charge in [-0.2, -0.15) is 0 Å². The van der Waals surface area contributed by atoms with E-state index in [1.807, 2.05) is 54.6 Å². The van der Waals surface area contributed by atoms with E-state index in [2.05, 4.69) is 31.4 Å². The minimum absolute atomic E-state index is 0.146. The van der Waals surface area contributed by atoms with Crippen molar-refractivity contribution in [2.45, 2.75) is 45.1 Å². The van der Waals surface area contributed by atoms with Crippen LogP contribution in [0.5, 0.6) is 0 Å². The molecule has 1 saturated heterocycles. The molecular formula is C23H27N3O3. The molecule has 1 atom stereocenters. The minimum atomic E-state index is -0.600. The maximum absolute atomic E-state index is 12.6. The first-order chi connectivity index (χ1) is 13.8. The highest BCUT2D eigenvalue weighted by Gasteiger charge is 2.38. The number of carbonyl (C=O) groups excluding carboxylic acids is 3. The van der Waals surface area contributed by atoms with E-state index < -0.39 is 18.0 Å². The van der Waals surface area contributed by atoms with Crippen molar-refractivity contribution in [2.24, 2.45) is 0 Å². The van der Waals surface area contributed by atoms with Crippen LogP contribution in [0.1, 0.15) is 38.3 Å². The maximum Gasteiger partial charge on any atom is 0.325 e. The predicted octanol–water partition coefficient (Wildman–Crippen LogP) is 3.48. The van der Waals surface area contributed by atoms with Crippen molar-refractivity contribution < 1.29 is 14.4 Å². The van der Waals surface area contributed by atoms with Crippen LogP contribution in [0, 0.1) is 0 Å². The van der Waals surface area contributed by atoms with Gasteiger partial charge >= 0.3 is 6.03 Å². The Morgan fingerprint density at radius 1 is 1.03 bits per heavy atom. The number of carbonyl (C=O) groups is 3. The van der Waals surface area contributed by atoms with Gasteiger partial charge in [-0.3, -0.25) is 14.5 Å². The largest absolute Gasteiger partial charge is 0.326 e. The lowest BCUT2D eigenvalue weighted by Gasteiger charge is -2.23. The molecule has 1 aliphatic rings. The van der Waals surface area contributed by atoms with Crippen LogP contribution < -0.4 is 10.6 Å². The molecule has 2 aromatic carbocycles. The molecule has 1 heterocycles. The van der Waals surface area contributed by atoms with E-state index in [4.69, 9.17) is 0 Å². The van der Waals surface area contributed by atoms with Crippen molar-refractivity contribution in [2.75, 3.05) is 11.9 Å². The number of anilines is 1. The Balaban J connectivity index is 1.61. The molecule has 0 saturated carbocycles. The number of hydrogen-bond donors (Lipinski definition) is 2. The zero-order valence-electron chi connectivity index (χ0n) is 17.1. The molecule has 3 rings (SSSR count). The molecule has 2 N–H and O–H groups in total. The predicted molar refractivity (Wildman–Crippen MR) is 113 cm³/mol. The Bertz CT molecular complexity index is 903. The van der Waals surface area contributed by atoms with E-state index in [9.17, 15) is 14.4 Å². The minimum Gasteiger partial charge on any atom is -0.326 e. The molecule has 1 fully saturated rings. The van der Waals surface area contributed by atoms with E-state index in [0.717, 1.165) is 16.0 Å². The summed E-state index contributed by atoms with van der Waals surface area (Å²) in [6.07, 6.45) is 1.18. The number of para-hydroxylation sites is 1. The summed E-state index contributed by atoms with van der Waals surface area (Å²) in [6, 6.07) is 16.2. The van der Waals surface area contributed by atoms with Crippen molar-refractivity contribution in [3.8, 4) is 0 Å². The Hall–Kier alpha value is -3.15. The molecule has 0 aliphatic carbocycles. The first-order valence-corrected chi connectivity index (χ1v) is 9.81. The number of amides is 4. The molecule has 0 unspecified atom stereocenters. The van der Waals surface area contributed by atoms with Gasteiger partial charge in [0.15, 0.2) is 0 Å². The van der Waals surface area contributed by atoms with E-state index in [1.54, 1.807) is 0 Å². The van der Waals surface area contributed by atoms with E-state index in [1.165, 1.54) is 0 Å². The van der Waals surface area contributed by atoms with Gasteiger partial charge in [0.2, 0.25) is 5.91 Å². The monoisotopic (exact) mass is 393 g/mol. The van der Waals surface area contributed by atoms with Gasteiger partial charge in [0.1, 0.15) is 12.6 Å². The summed E-state index contributed by atoms with van der Waals surface area (Å²) in [4.78, 5) is 38.4.